The zero-order valence-electron chi connectivity index (χ0n) is 11.3. The van der Waals surface area contributed by atoms with E-state index in [1.54, 1.807) is 10.6 Å². The van der Waals surface area contributed by atoms with E-state index in [4.69, 9.17) is 0 Å². The van der Waals surface area contributed by atoms with Crippen LogP contribution in [-0.2, 0) is 0 Å². The molecule has 6 heteroatoms. The Morgan fingerprint density at radius 3 is 2.95 bits per heavy atom. The average molecular weight is 283 g/mol. The highest BCUT2D eigenvalue weighted by molar-refractivity contribution is 5.60. The van der Waals surface area contributed by atoms with Gasteiger partial charge in [-0.3, -0.25) is 0 Å². The van der Waals surface area contributed by atoms with E-state index < -0.39 is 0 Å². The van der Waals surface area contributed by atoms with E-state index >= 15 is 0 Å². The van der Waals surface area contributed by atoms with Crippen molar-refractivity contribution in [3.05, 3.63) is 48.0 Å². The summed E-state index contributed by atoms with van der Waals surface area (Å²) < 4.78 is 15.1. The van der Waals surface area contributed by atoms with Gasteiger partial charge in [0, 0.05) is 5.56 Å². The predicted molar refractivity (Wildman–Crippen MR) is 76.2 cm³/mol. The van der Waals surface area contributed by atoms with E-state index in [9.17, 15) is 4.39 Å². The second-order valence-electron chi connectivity index (χ2n) is 5.21. The number of halogens is 1. The Kier molecular flexibility index (Phi) is 2.89. The average Bonchev–Trinajstić information content (AvgIpc) is 3.15. The molecule has 0 aliphatic carbocycles. The quantitative estimate of drug-likeness (QED) is 0.784. The van der Waals surface area contributed by atoms with Crippen LogP contribution in [0.25, 0.3) is 16.9 Å². The van der Waals surface area contributed by atoms with Crippen LogP contribution in [0.1, 0.15) is 24.7 Å². The third-order valence-electron chi connectivity index (χ3n) is 3.78. The zero-order chi connectivity index (χ0) is 14.2. The Morgan fingerprint density at radius 2 is 2.14 bits per heavy atom. The van der Waals surface area contributed by atoms with Crippen molar-refractivity contribution in [3.8, 4) is 11.3 Å². The van der Waals surface area contributed by atoms with E-state index in [1.807, 2.05) is 18.2 Å². The summed E-state index contributed by atoms with van der Waals surface area (Å²) in [6, 6.07) is 10.3. The number of fused-ring (bicyclic) bond motifs is 1. The fourth-order valence-electron chi connectivity index (χ4n) is 2.73. The lowest BCUT2D eigenvalue weighted by Gasteiger charge is -2.08. The first-order valence-corrected chi connectivity index (χ1v) is 7.03. The number of nitrogens with one attached hydrogen (secondary N) is 1. The molecule has 1 aromatic carbocycles. The van der Waals surface area contributed by atoms with Gasteiger partial charge in [0.25, 0.3) is 0 Å². The topological polar surface area (TPSA) is 55.1 Å². The minimum atomic E-state index is -0.268. The molecule has 1 N–H and O–H groups in total. The smallest absolute Gasteiger partial charge is 0.178 e. The molecular weight excluding hydrogens is 269 g/mol. The molecule has 4 rings (SSSR count). The molecule has 5 nitrogen and oxygen atoms in total. The Labute approximate surface area is 120 Å². The molecule has 3 heterocycles. The molecule has 0 bridgehead atoms. The third kappa shape index (κ3) is 2.17. The van der Waals surface area contributed by atoms with Crippen molar-refractivity contribution in [3.63, 3.8) is 0 Å². The Bertz CT molecular complexity index is 792. The van der Waals surface area contributed by atoms with Crippen LogP contribution in [0, 0.1) is 5.82 Å². The van der Waals surface area contributed by atoms with Crippen LogP contribution in [0.15, 0.2) is 36.4 Å². The standard InChI is InChI=1S/C15H14FN5/c16-11-4-1-3-10(9-11)12-6-7-14-18-19-15(21(14)20-12)13-5-2-8-17-13/h1,3-4,6-7,9,13,17H,2,5,8H2/t13-/m0/s1. The fraction of sp³-hybridized carbons (Fsp3) is 0.267. The van der Waals surface area contributed by atoms with Crippen molar-refractivity contribution in [2.24, 2.45) is 0 Å². The summed E-state index contributed by atoms with van der Waals surface area (Å²) in [5.41, 5.74) is 2.16. The van der Waals surface area contributed by atoms with Gasteiger partial charge in [0.05, 0.1) is 11.7 Å². The lowest BCUT2D eigenvalue weighted by Crippen LogP contribution is -2.16. The molecule has 0 amide bonds. The molecule has 1 aliphatic heterocycles. The van der Waals surface area contributed by atoms with Crippen molar-refractivity contribution in [1.82, 2.24) is 25.1 Å². The number of hydrogen-bond donors (Lipinski definition) is 1. The number of rotatable bonds is 2. The monoisotopic (exact) mass is 283 g/mol. The minimum Gasteiger partial charge on any atom is -0.307 e. The van der Waals surface area contributed by atoms with Gasteiger partial charge in [-0.1, -0.05) is 12.1 Å². The minimum absolute atomic E-state index is 0.190. The molecule has 2 aromatic heterocycles. The van der Waals surface area contributed by atoms with Crippen LogP contribution in [-0.4, -0.2) is 26.4 Å². The van der Waals surface area contributed by atoms with Gasteiger partial charge in [0.15, 0.2) is 11.5 Å². The molecule has 1 atom stereocenters. The van der Waals surface area contributed by atoms with Crippen LogP contribution in [0.4, 0.5) is 4.39 Å². The molecule has 106 valence electrons. The number of nitrogens with zero attached hydrogens (tertiary/aromatic N) is 4. The van der Waals surface area contributed by atoms with Gasteiger partial charge in [0.2, 0.25) is 0 Å². The van der Waals surface area contributed by atoms with Gasteiger partial charge in [0.1, 0.15) is 5.82 Å². The summed E-state index contributed by atoms with van der Waals surface area (Å²) in [5, 5.41) is 16.4. The van der Waals surface area contributed by atoms with Crippen molar-refractivity contribution in [2.75, 3.05) is 6.54 Å². The van der Waals surface area contributed by atoms with Crippen molar-refractivity contribution in [2.45, 2.75) is 18.9 Å². The summed E-state index contributed by atoms with van der Waals surface area (Å²) in [6.07, 6.45) is 2.16. The second-order valence-corrected chi connectivity index (χ2v) is 5.21. The van der Waals surface area contributed by atoms with Crippen LogP contribution in [0.5, 0.6) is 0 Å². The summed E-state index contributed by atoms with van der Waals surface area (Å²) in [5.74, 6) is 0.552. The summed E-state index contributed by atoms with van der Waals surface area (Å²) in [7, 11) is 0. The molecular formula is C15H14FN5. The molecule has 0 unspecified atom stereocenters. The van der Waals surface area contributed by atoms with Gasteiger partial charge in [-0.15, -0.1) is 10.2 Å². The second kappa shape index (κ2) is 4.89. The van der Waals surface area contributed by atoms with E-state index in [1.165, 1.54) is 12.1 Å². The lowest BCUT2D eigenvalue weighted by atomic mass is 10.1. The number of hydrogen-bond acceptors (Lipinski definition) is 4. The molecule has 1 saturated heterocycles. The van der Waals surface area contributed by atoms with E-state index in [0.29, 0.717) is 11.3 Å². The normalized spacial score (nSPS) is 18.4. The van der Waals surface area contributed by atoms with Crippen LogP contribution in [0.2, 0.25) is 0 Å². The predicted octanol–water partition coefficient (Wildman–Crippen LogP) is 2.35. The molecule has 0 saturated carbocycles. The largest absolute Gasteiger partial charge is 0.307 e. The summed E-state index contributed by atoms with van der Waals surface area (Å²) >= 11 is 0. The first-order chi connectivity index (χ1) is 10.3. The molecule has 0 spiro atoms. The lowest BCUT2D eigenvalue weighted by molar-refractivity contribution is 0.584. The van der Waals surface area contributed by atoms with E-state index in [2.05, 4.69) is 20.6 Å². The summed E-state index contributed by atoms with van der Waals surface area (Å²) in [4.78, 5) is 0. The van der Waals surface area contributed by atoms with Crippen molar-refractivity contribution >= 4 is 5.65 Å². The highest BCUT2D eigenvalue weighted by Crippen LogP contribution is 2.23. The van der Waals surface area contributed by atoms with Gasteiger partial charge < -0.3 is 5.32 Å². The Hall–Kier alpha value is -2.34. The Morgan fingerprint density at radius 1 is 1.19 bits per heavy atom. The SMILES string of the molecule is Fc1cccc(-c2ccc3nnc([C@@H]4CCCN4)n3n2)c1. The first-order valence-electron chi connectivity index (χ1n) is 7.03. The van der Waals surface area contributed by atoms with Crippen molar-refractivity contribution in [1.29, 1.82) is 0 Å². The molecule has 1 aliphatic rings. The number of aromatic nitrogens is 4. The highest BCUT2D eigenvalue weighted by Gasteiger charge is 2.22. The molecule has 1 fully saturated rings. The maximum absolute atomic E-state index is 13.4. The van der Waals surface area contributed by atoms with Gasteiger partial charge in [-0.25, -0.2) is 4.39 Å². The van der Waals surface area contributed by atoms with Crippen LogP contribution < -0.4 is 5.32 Å². The highest BCUT2D eigenvalue weighted by atomic mass is 19.1. The third-order valence-corrected chi connectivity index (χ3v) is 3.78. The van der Waals surface area contributed by atoms with Gasteiger partial charge in [-0.2, -0.15) is 9.61 Å². The van der Waals surface area contributed by atoms with E-state index in [-0.39, 0.29) is 11.9 Å². The molecule has 3 aromatic rings. The van der Waals surface area contributed by atoms with Crippen molar-refractivity contribution < 1.29 is 4.39 Å². The van der Waals surface area contributed by atoms with Crippen LogP contribution in [0.3, 0.4) is 0 Å². The first kappa shape index (κ1) is 12.4. The maximum atomic E-state index is 13.4. The van der Waals surface area contributed by atoms with Crippen LogP contribution >= 0.6 is 0 Å². The Balaban J connectivity index is 1.83. The van der Waals surface area contributed by atoms with Gasteiger partial charge in [-0.05, 0) is 43.7 Å². The molecule has 0 radical (unpaired) electrons. The zero-order valence-corrected chi connectivity index (χ0v) is 11.3. The summed E-state index contributed by atoms with van der Waals surface area (Å²) in [6.45, 7) is 0.989. The maximum Gasteiger partial charge on any atom is 0.178 e. The molecule has 21 heavy (non-hydrogen) atoms. The fourth-order valence-corrected chi connectivity index (χ4v) is 2.73. The van der Waals surface area contributed by atoms with Gasteiger partial charge >= 0.3 is 0 Å². The number of benzene rings is 1. The van der Waals surface area contributed by atoms with E-state index in [0.717, 1.165) is 30.8 Å².